The summed E-state index contributed by atoms with van der Waals surface area (Å²) < 4.78 is 0.488. The third kappa shape index (κ3) is 2.96. The molecular formula is C10H23N2O2+. The number of nitrogens with two attached hydrogens (primary N) is 1. The van der Waals surface area contributed by atoms with Crippen molar-refractivity contribution in [3.05, 3.63) is 0 Å². The number of quaternary nitrogens is 1. The van der Waals surface area contributed by atoms with Crippen LogP contribution in [0.5, 0.6) is 0 Å². The summed E-state index contributed by atoms with van der Waals surface area (Å²) in [5, 5.41) is 9.09. The Labute approximate surface area is 86.3 Å². The third-order valence-electron chi connectivity index (χ3n) is 3.21. The molecule has 0 amide bonds. The molecule has 0 aliphatic rings. The Bertz CT molecular complexity index is 200. The van der Waals surface area contributed by atoms with Gasteiger partial charge in [0.05, 0.1) is 20.6 Å². The SMILES string of the molecule is CC(C)(C(=O)O)[N+](C)(C)CCCCN. The Morgan fingerprint density at radius 1 is 1.36 bits per heavy atom. The zero-order valence-electron chi connectivity index (χ0n) is 9.71. The quantitative estimate of drug-likeness (QED) is 0.492. The van der Waals surface area contributed by atoms with Gasteiger partial charge in [-0.2, -0.15) is 0 Å². The van der Waals surface area contributed by atoms with Crippen LogP contribution >= 0.6 is 0 Å². The molecule has 0 aliphatic heterocycles. The van der Waals surface area contributed by atoms with Crippen LogP contribution in [0.2, 0.25) is 0 Å². The molecule has 0 atom stereocenters. The van der Waals surface area contributed by atoms with E-state index in [4.69, 9.17) is 10.8 Å². The number of carboxylic acids is 1. The van der Waals surface area contributed by atoms with Crippen molar-refractivity contribution < 1.29 is 14.4 Å². The van der Waals surface area contributed by atoms with Crippen LogP contribution in [0.25, 0.3) is 0 Å². The average Bonchev–Trinajstić information content (AvgIpc) is 2.04. The summed E-state index contributed by atoms with van der Waals surface area (Å²) in [6.45, 7) is 5.04. The second kappa shape index (κ2) is 4.75. The fraction of sp³-hybridized carbons (Fsp3) is 0.900. The van der Waals surface area contributed by atoms with Crippen molar-refractivity contribution in [3.63, 3.8) is 0 Å². The average molecular weight is 203 g/mol. The number of hydrogen-bond donors (Lipinski definition) is 2. The molecule has 0 spiro atoms. The molecule has 0 bridgehead atoms. The van der Waals surface area contributed by atoms with Crippen molar-refractivity contribution in [1.82, 2.24) is 0 Å². The lowest BCUT2D eigenvalue weighted by Crippen LogP contribution is -2.60. The molecule has 0 rings (SSSR count). The molecule has 4 heteroatoms. The Kier molecular flexibility index (Phi) is 4.55. The van der Waals surface area contributed by atoms with E-state index >= 15 is 0 Å². The molecule has 0 fully saturated rings. The normalized spacial score (nSPS) is 12.9. The van der Waals surface area contributed by atoms with E-state index in [0.717, 1.165) is 19.4 Å². The molecule has 0 aromatic rings. The molecule has 3 N–H and O–H groups in total. The zero-order valence-corrected chi connectivity index (χ0v) is 9.71. The van der Waals surface area contributed by atoms with Crippen LogP contribution < -0.4 is 5.73 Å². The summed E-state index contributed by atoms with van der Waals surface area (Å²) in [6, 6.07) is 0. The molecule has 0 aliphatic carbocycles. The number of carbonyl (C=O) groups is 1. The van der Waals surface area contributed by atoms with E-state index in [0.29, 0.717) is 11.0 Å². The lowest BCUT2D eigenvalue weighted by Gasteiger charge is -2.41. The van der Waals surface area contributed by atoms with Gasteiger partial charge in [-0.05, 0) is 19.4 Å². The minimum atomic E-state index is -0.754. The van der Waals surface area contributed by atoms with Crippen molar-refractivity contribution in [1.29, 1.82) is 0 Å². The van der Waals surface area contributed by atoms with Gasteiger partial charge in [-0.25, -0.2) is 4.79 Å². The van der Waals surface area contributed by atoms with E-state index < -0.39 is 11.5 Å². The topological polar surface area (TPSA) is 63.3 Å². The summed E-state index contributed by atoms with van der Waals surface area (Å²) in [4.78, 5) is 11.1. The van der Waals surface area contributed by atoms with E-state index in [-0.39, 0.29) is 0 Å². The third-order valence-corrected chi connectivity index (χ3v) is 3.21. The molecule has 0 heterocycles. The summed E-state index contributed by atoms with van der Waals surface area (Å²) in [6.07, 6.45) is 1.93. The summed E-state index contributed by atoms with van der Waals surface area (Å²) in [5.74, 6) is -0.754. The first-order chi connectivity index (χ1) is 6.25. The molecular weight excluding hydrogens is 180 g/mol. The maximum absolute atomic E-state index is 11.1. The Balaban J connectivity index is 4.36. The van der Waals surface area contributed by atoms with Crippen LogP contribution in [-0.2, 0) is 4.79 Å². The van der Waals surface area contributed by atoms with Gasteiger partial charge >= 0.3 is 5.97 Å². The molecule has 4 nitrogen and oxygen atoms in total. The highest BCUT2D eigenvalue weighted by Crippen LogP contribution is 2.21. The fourth-order valence-electron chi connectivity index (χ4n) is 1.19. The fourth-order valence-corrected chi connectivity index (χ4v) is 1.19. The van der Waals surface area contributed by atoms with Crippen LogP contribution in [0.3, 0.4) is 0 Å². The molecule has 0 aromatic carbocycles. The largest absolute Gasteiger partial charge is 0.477 e. The van der Waals surface area contributed by atoms with Crippen LogP contribution in [0, 0.1) is 0 Å². The predicted molar refractivity (Wildman–Crippen MR) is 57.0 cm³/mol. The highest BCUT2D eigenvalue weighted by atomic mass is 16.4. The van der Waals surface area contributed by atoms with Gasteiger partial charge in [0.15, 0.2) is 5.54 Å². The van der Waals surface area contributed by atoms with Gasteiger partial charge in [-0.3, -0.25) is 0 Å². The van der Waals surface area contributed by atoms with Gasteiger partial charge in [0.1, 0.15) is 0 Å². The monoisotopic (exact) mass is 203 g/mol. The number of rotatable bonds is 6. The van der Waals surface area contributed by atoms with E-state index in [2.05, 4.69) is 0 Å². The second-order valence-electron chi connectivity index (χ2n) is 4.77. The van der Waals surface area contributed by atoms with Crippen LogP contribution in [0.1, 0.15) is 26.7 Å². The van der Waals surface area contributed by atoms with Crippen LogP contribution in [-0.4, -0.2) is 48.3 Å². The van der Waals surface area contributed by atoms with Crippen molar-refractivity contribution in [3.8, 4) is 0 Å². The van der Waals surface area contributed by atoms with Gasteiger partial charge in [-0.1, -0.05) is 0 Å². The molecule has 14 heavy (non-hydrogen) atoms. The van der Waals surface area contributed by atoms with Crippen molar-refractivity contribution in [2.45, 2.75) is 32.2 Å². The smallest absolute Gasteiger partial charge is 0.365 e. The molecule has 0 aromatic heterocycles. The first kappa shape index (κ1) is 13.4. The maximum atomic E-state index is 11.1. The van der Waals surface area contributed by atoms with E-state index in [1.165, 1.54) is 0 Å². The number of nitrogens with zero attached hydrogens (tertiary/aromatic N) is 1. The van der Waals surface area contributed by atoms with Crippen molar-refractivity contribution >= 4 is 5.97 Å². The number of aliphatic carboxylic acids is 1. The number of likely N-dealkylation sites (N-methyl/N-ethyl adjacent to an activating group) is 1. The number of hydrogen-bond acceptors (Lipinski definition) is 2. The minimum absolute atomic E-state index is 0.488. The zero-order chi connectivity index (χ0) is 11.4. The minimum Gasteiger partial charge on any atom is -0.477 e. The van der Waals surface area contributed by atoms with Gasteiger partial charge in [-0.15, -0.1) is 0 Å². The van der Waals surface area contributed by atoms with Gasteiger partial charge < -0.3 is 15.3 Å². The Hall–Kier alpha value is -0.610. The van der Waals surface area contributed by atoms with Crippen LogP contribution in [0.4, 0.5) is 0 Å². The summed E-state index contributed by atoms with van der Waals surface area (Å²) in [7, 11) is 3.90. The van der Waals surface area contributed by atoms with E-state index in [9.17, 15) is 4.79 Å². The summed E-state index contributed by atoms with van der Waals surface area (Å²) in [5.41, 5.74) is 4.66. The lowest BCUT2D eigenvalue weighted by molar-refractivity contribution is -0.928. The first-order valence-electron chi connectivity index (χ1n) is 5.02. The highest BCUT2D eigenvalue weighted by molar-refractivity contribution is 5.76. The van der Waals surface area contributed by atoms with Gasteiger partial charge in [0.25, 0.3) is 0 Å². The Morgan fingerprint density at radius 2 is 1.86 bits per heavy atom. The second-order valence-corrected chi connectivity index (χ2v) is 4.77. The Morgan fingerprint density at radius 3 is 2.21 bits per heavy atom. The van der Waals surface area contributed by atoms with Gasteiger partial charge in [0, 0.05) is 13.8 Å². The molecule has 0 radical (unpaired) electrons. The van der Waals surface area contributed by atoms with Crippen molar-refractivity contribution in [2.75, 3.05) is 27.2 Å². The lowest BCUT2D eigenvalue weighted by atomic mass is 10.00. The van der Waals surface area contributed by atoms with Gasteiger partial charge in [0.2, 0.25) is 0 Å². The first-order valence-corrected chi connectivity index (χ1v) is 5.02. The molecule has 0 unspecified atom stereocenters. The molecule has 0 saturated carbocycles. The van der Waals surface area contributed by atoms with E-state index in [1.807, 2.05) is 14.1 Å². The standard InChI is InChI=1S/C10H22N2O2/c1-10(2,9(13)14)12(3,4)8-6-5-7-11/h5-8,11H2,1-4H3/p+1. The number of carboxylic acid groups (broad SMARTS) is 1. The predicted octanol–water partition coefficient (Wildman–Crippen LogP) is 0.665. The highest BCUT2D eigenvalue weighted by Gasteiger charge is 2.43. The molecule has 84 valence electrons. The van der Waals surface area contributed by atoms with Crippen LogP contribution in [0.15, 0.2) is 0 Å². The number of unbranched alkanes of at least 4 members (excludes halogenated alkanes) is 1. The molecule has 0 saturated heterocycles. The summed E-state index contributed by atoms with van der Waals surface area (Å²) >= 11 is 0. The van der Waals surface area contributed by atoms with E-state index in [1.54, 1.807) is 13.8 Å². The maximum Gasteiger partial charge on any atom is 0.365 e. The van der Waals surface area contributed by atoms with Crippen molar-refractivity contribution in [2.24, 2.45) is 5.73 Å².